The van der Waals surface area contributed by atoms with E-state index in [0.717, 1.165) is 16.6 Å². The van der Waals surface area contributed by atoms with Crippen molar-refractivity contribution in [3.8, 4) is 0 Å². The highest BCUT2D eigenvalue weighted by molar-refractivity contribution is 7.71. The summed E-state index contributed by atoms with van der Waals surface area (Å²) < 4.78 is 1.15. The van der Waals surface area contributed by atoms with Crippen LogP contribution in [0.2, 0.25) is 0 Å². The van der Waals surface area contributed by atoms with Crippen LogP contribution in [0.25, 0.3) is 22.1 Å². The SMILES string of the molecule is O=[N+]([O-])c1ccc2[nH]c(=S)[nH]c2c1.S=c1[nH]c2ccccc2[nH]1. The van der Waals surface area contributed by atoms with Crippen molar-refractivity contribution < 1.29 is 4.92 Å². The average Bonchev–Trinajstić information content (AvgIpc) is 3.06. The van der Waals surface area contributed by atoms with E-state index in [4.69, 9.17) is 24.4 Å². The van der Waals surface area contributed by atoms with E-state index in [1.807, 2.05) is 24.3 Å². The van der Waals surface area contributed by atoms with Gasteiger partial charge in [0.1, 0.15) is 0 Å². The Bertz CT molecular complexity index is 1070. The standard InChI is InChI=1S/C7H5N3O2S.C7H6N2S/c11-10(12)4-1-2-5-6(3-4)9-7(13)8-5;10-7-8-5-3-1-2-4-6(5)9-7/h1-3H,(H2,8,9,13);1-4H,(H2,8,9,10). The van der Waals surface area contributed by atoms with Crippen LogP contribution in [0.3, 0.4) is 0 Å². The van der Waals surface area contributed by atoms with E-state index in [1.54, 1.807) is 6.07 Å². The molecule has 116 valence electrons. The second kappa shape index (κ2) is 6.15. The first-order valence-electron chi connectivity index (χ1n) is 6.56. The van der Waals surface area contributed by atoms with Gasteiger partial charge in [0, 0.05) is 12.1 Å². The Labute approximate surface area is 139 Å². The number of nitro benzene ring substituents is 1. The van der Waals surface area contributed by atoms with Crippen molar-refractivity contribution in [2.45, 2.75) is 0 Å². The molecule has 0 aliphatic rings. The summed E-state index contributed by atoms with van der Waals surface area (Å²) in [6, 6.07) is 12.4. The molecule has 0 unspecified atom stereocenters. The number of imidazole rings is 2. The summed E-state index contributed by atoms with van der Waals surface area (Å²) >= 11 is 9.74. The number of nitrogens with one attached hydrogen (secondary N) is 4. The normalized spacial score (nSPS) is 10.4. The average molecular weight is 345 g/mol. The summed E-state index contributed by atoms with van der Waals surface area (Å²) in [5.41, 5.74) is 3.60. The summed E-state index contributed by atoms with van der Waals surface area (Å²) in [5, 5.41) is 10.4. The maximum absolute atomic E-state index is 10.4. The first-order chi connectivity index (χ1) is 11.0. The second-order valence-electron chi connectivity index (χ2n) is 4.69. The van der Waals surface area contributed by atoms with Gasteiger partial charge in [0.05, 0.1) is 27.0 Å². The fourth-order valence-corrected chi connectivity index (χ4v) is 2.55. The number of hydrogen-bond donors (Lipinski definition) is 4. The van der Waals surface area contributed by atoms with E-state index in [2.05, 4.69) is 19.9 Å². The Kier molecular flexibility index (Phi) is 4.04. The molecule has 0 amide bonds. The third kappa shape index (κ3) is 3.35. The number of aromatic amines is 4. The summed E-state index contributed by atoms with van der Waals surface area (Å²) in [4.78, 5) is 21.7. The Morgan fingerprint density at radius 3 is 1.78 bits per heavy atom. The summed E-state index contributed by atoms with van der Waals surface area (Å²) in [6.45, 7) is 0. The molecule has 0 radical (unpaired) electrons. The second-order valence-corrected chi connectivity index (χ2v) is 5.51. The maximum atomic E-state index is 10.4. The van der Waals surface area contributed by atoms with Crippen LogP contribution in [0.1, 0.15) is 0 Å². The molecule has 0 aliphatic heterocycles. The van der Waals surface area contributed by atoms with Crippen LogP contribution in [-0.2, 0) is 0 Å². The molecule has 0 bridgehead atoms. The van der Waals surface area contributed by atoms with Gasteiger partial charge in [-0.15, -0.1) is 0 Å². The molecule has 0 fully saturated rings. The van der Waals surface area contributed by atoms with Crippen molar-refractivity contribution in [3.63, 3.8) is 0 Å². The van der Waals surface area contributed by atoms with Crippen molar-refractivity contribution in [2.24, 2.45) is 0 Å². The maximum Gasteiger partial charge on any atom is 0.271 e. The molecule has 0 saturated carbocycles. The van der Waals surface area contributed by atoms with Gasteiger partial charge in [-0.25, -0.2) is 0 Å². The van der Waals surface area contributed by atoms with Gasteiger partial charge in [0.2, 0.25) is 0 Å². The first-order valence-corrected chi connectivity index (χ1v) is 7.38. The topological polar surface area (TPSA) is 106 Å². The predicted octanol–water partition coefficient (Wildman–Crippen LogP) is 4.36. The fourth-order valence-electron chi connectivity index (χ4n) is 2.11. The molecule has 0 spiro atoms. The van der Waals surface area contributed by atoms with Gasteiger partial charge in [-0.2, -0.15) is 0 Å². The fraction of sp³-hybridized carbons (Fsp3) is 0. The van der Waals surface area contributed by atoms with Crippen LogP contribution >= 0.6 is 24.4 Å². The number of rotatable bonds is 1. The summed E-state index contributed by atoms with van der Waals surface area (Å²) in [7, 11) is 0. The Morgan fingerprint density at radius 1 is 0.783 bits per heavy atom. The quantitative estimate of drug-likeness (QED) is 0.234. The van der Waals surface area contributed by atoms with E-state index in [-0.39, 0.29) is 5.69 Å². The number of H-pyrrole nitrogens is 4. The van der Waals surface area contributed by atoms with Gasteiger partial charge >= 0.3 is 0 Å². The molecule has 2 heterocycles. The van der Waals surface area contributed by atoms with Crippen molar-refractivity contribution in [2.75, 3.05) is 0 Å². The molecule has 4 N–H and O–H groups in total. The third-order valence-corrected chi connectivity index (χ3v) is 3.54. The van der Waals surface area contributed by atoms with Crippen LogP contribution in [-0.4, -0.2) is 24.9 Å². The lowest BCUT2D eigenvalue weighted by Gasteiger charge is -1.89. The highest BCUT2D eigenvalue weighted by Crippen LogP contribution is 2.17. The van der Waals surface area contributed by atoms with Crippen molar-refractivity contribution >= 4 is 52.2 Å². The highest BCUT2D eigenvalue weighted by atomic mass is 32.1. The first kappa shape index (κ1) is 15.1. The van der Waals surface area contributed by atoms with Crippen molar-refractivity contribution in [1.29, 1.82) is 0 Å². The molecular weight excluding hydrogens is 334 g/mol. The van der Waals surface area contributed by atoms with Gasteiger partial charge in [-0.3, -0.25) is 10.1 Å². The van der Waals surface area contributed by atoms with Crippen LogP contribution < -0.4 is 0 Å². The lowest BCUT2D eigenvalue weighted by atomic mass is 10.3. The highest BCUT2D eigenvalue weighted by Gasteiger charge is 2.06. The van der Waals surface area contributed by atoms with Gasteiger partial charge in [0.15, 0.2) is 9.54 Å². The van der Waals surface area contributed by atoms with Gasteiger partial charge in [-0.1, -0.05) is 12.1 Å². The van der Waals surface area contributed by atoms with Gasteiger partial charge in [-0.05, 0) is 42.6 Å². The van der Waals surface area contributed by atoms with Crippen molar-refractivity contribution in [1.82, 2.24) is 19.9 Å². The minimum Gasteiger partial charge on any atom is -0.331 e. The zero-order valence-corrected chi connectivity index (χ0v) is 13.3. The number of nitrogens with zero attached hydrogens (tertiary/aromatic N) is 1. The van der Waals surface area contributed by atoms with Gasteiger partial charge in [0.25, 0.3) is 5.69 Å². The van der Waals surface area contributed by atoms with Crippen LogP contribution in [0.15, 0.2) is 42.5 Å². The molecule has 9 heteroatoms. The lowest BCUT2D eigenvalue weighted by Crippen LogP contribution is -1.86. The predicted molar refractivity (Wildman–Crippen MR) is 93.6 cm³/mol. The van der Waals surface area contributed by atoms with Crippen LogP contribution in [0.5, 0.6) is 0 Å². The number of nitro groups is 1. The molecule has 2 aromatic heterocycles. The minimum atomic E-state index is -0.441. The van der Waals surface area contributed by atoms with E-state index >= 15 is 0 Å². The van der Waals surface area contributed by atoms with Gasteiger partial charge < -0.3 is 19.9 Å². The Balaban J connectivity index is 0.000000140. The molecule has 0 saturated heterocycles. The molecule has 23 heavy (non-hydrogen) atoms. The zero-order chi connectivity index (χ0) is 16.4. The van der Waals surface area contributed by atoms with E-state index in [1.165, 1.54) is 12.1 Å². The molecule has 2 aromatic carbocycles. The molecule has 4 aromatic rings. The number of non-ortho nitro benzene ring substituents is 1. The zero-order valence-electron chi connectivity index (χ0n) is 11.6. The van der Waals surface area contributed by atoms with E-state index in [0.29, 0.717) is 15.1 Å². The summed E-state index contributed by atoms with van der Waals surface area (Å²) in [5.74, 6) is 0. The molecule has 0 aliphatic carbocycles. The van der Waals surface area contributed by atoms with Crippen molar-refractivity contribution in [3.05, 3.63) is 62.1 Å². The number of hydrogen-bond acceptors (Lipinski definition) is 4. The lowest BCUT2D eigenvalue weighted by molar-refractivity contribution is -0.384. The van der Waals surface area contributed by atoms with E-state index < -0.39 is 4.92 Å². The monoisotopic (exact) mass is 345 g/mol. The smallest absolute Gasteiger partial charge is 0.271 e. The minimum absolute atomic E-state index is 0.0535. The molecule has 7 nitrogen and oxygen atoms in total. The number of para-hydroxylation sites is 2. The number of fused-ring (bicyclic) bond motifs is 2. The largest absolute Gasteiger partial charge is 0.331 e. The third-order valence-electron chi connectivity index (χ3n) is 3.13. The molecule has 0 atom stereocenters. The Morgan fingerprint density at radius 2 is 1.26 bits per heavy atom. The molecule has 4 rings (SSSR count). The molecular formula is C14H11N5O2S2. The van der Waals surface area contributed by atoms with Crippen LogP contribution in [0.4, 0.5) is 5.69 Å². The summed E-state index contributed by atoms with van der Waals surface area (Å²) in [6.07, 6.45) is 0. The Hall–Kier alpha value is -2.78. The number of aromatic nitrogens is 4. The number of benzene rings is 2. The van der Waals surface area contributed by atoms with Crippen LogP contribution in [0, 0.1) is 19.7 Å². The van der Waals surface area contributed by atoms with E-state index in [9.17, 15) is 10.1 Å².